The van der Waals surface area contributed by atoms with Crippen LogP contribution in [0.1, 0.15) is 48.0 Å². The Bertz CT molecular complexity index is 439. The summed E-state index contributed by atoms with van der Waals surface area (Å²) in [7, 11) is -0.305. The largest absolute Gasteiger partial charge is 0.465 e. The van der Waals surface area contributed by atoms with Crippen LogP contribution in [0.4, 0.5) is 4.79 Å². The topological polar surface area (TPSA) is 59.0 Å². The van der Waals surface area contributed by atoms with Gasteiger partial charge in [-0.25, -0.2) is 4.79 Å². The Kier molecular flexibility index (Phi) is 5.67. The summed E-state index contributed by atoms with van der Waals surface area (Å²) in [5.41, 5.74) is -0.784. The fraction of sp³-hybridized carbons (Fsp3) is 0.941. The molecule has 5 nitrogen and oxygen atoms in total. The van der Waals surface area contributed by atoms with Crippen LogP contribution in [-0.2, 0) is 9.16 Å². The van der Waals surface area contributed by atoms with Crippen molar-refractivity contribution in [2.45, 2.75) is 77.7 Å². The number of amides is 1. The van der Waals surface area contributed by atoms with Crippen molar-refractivity contribution in [3.63, 3.8) is 0 Å². The van der Waals surface area contributed by atoms with E-state index in [0.717, 1.165) is 0 Å². The van der Waals surface area contributed by atoms with Crippen molar-refractivity contribution in [2.24, 2.45) is 5.41 Å². The normalized spacial score (nSPS) is 26.7. The number of carbonyl (C=O) groups is 1. The standard InChI is InChI=1S/C17H35NO4Si/c1-15(2,3)17(12-21-7)10-13(11-18(17)14(19)20)22-23(8,9)16(4,5)6/h13H,10-12H2,1-9H3,(H,19,20)/t13-,17+/m1/s1. The molecule has 0 spiro atoms. The smallest absolute Gasteiger partial charge is 0.407 e. The number of hydrogen-bond acceptors (Lipinski definition) is 3. The second kappa shape index (κ2) is 6.37. The molecule has 1 rings (SSSR count). The van der Waals surface area contributed by atoms with Gasteiger partial charge in [0.05, 0.1) is 18.2 Å². The lowest BCUT2D eigenvalue weighted by molar-refractivity contribution is -0.0266. The Morgan fingerprint density at radius 2 is 1.78 bits per heavy atom. The third-order valence-electron chi connectivity index (χ3n) is 5.75. The fourth-order valence-electron chi connectivity index (χ4n) is 3.17. The summed E-state index contributed by atoms with van der Waals surface area (Å²) in [5.74, 6) is 0. The molecule has 23 heavy (non-hydrogen) atoms. The molecule has 1 amide bonds. The Morgan fingerprint density at radius 3 is 2.13 bits per heavy atom. The highest BCUT2D eigenvalue weighted by molar-refractivity contribution is 6.74. The lowest BCUT2D eigenvalue weighted by Gasteiger charge is -2.46. The molecule has 1 N–H and O–H groups in total. The van der Waals surface area contributed by atoms with Crippen LogP contribution in [0.15, 0.2) is 0 Å². The minimum Gasteiger partial charge on any atom is -0.465 e. The van der Waals surface area contributed by atoms with Gasteiger partial charge in [-0.3, -0.25) is 4.90 Å². The Hall–Kier alpha value is -0.593. The molecule has 1 saturated heterocycles. The van der Waals surface area contributed by atoms with Gasteiger partial charge in [0, 0.05) is 20.1 Å². The van der Waals surface area contributed by atoms with Crippen LogP contribution in [0.5, 0.6) is 0 Å². The maximum absolute atomic E-state index is 11.9. The summed E-state index contributed by atoms with van der Waals surface area (Å²) in [6.07, 6.45) is -0.275. The van der Waals surface area contributed by atoms with Gasteiger partial charge in [0.1, 0.15) is 0 Å². The van der Waals surface area contributed by atoms with Crippen LogP contribution in [0.2, 0.25) is 18.1 Å². The second-order valence-corrected chi connectivity index (χ2v) is 14.1. The Balaban J connectivity index is 3.13. The van der Waals surface area contributed by atoms with E-state index in [4.69, 9.17) is 9.16 Å². The number of nitrogens with zero attached hydrogens (tertiary/aromatic N) is 1. The highest BCUT2D eigenvalue weighted by Gasteiger charge is 2.56. The van der Waals surface area contributed by atoms with Gasteiger partial charge in [-0.15, -0.1) is 0 Å². The number of ether oxygens (including phenoxy) is 1. The fourth-order valence-corrected chi connectivity index (χ4v) is 4.51. The molecule has 0 unspecified atom stereocenters. The average Bonchev–Trinajstić information content (AvgIpc) is 2.66. The molecule has 1 fully saturated rings. The van der Waals surface area contributed by atoms with E-state index >= 15 is 0 Å². The zero-order chi connectivity index (χ0) is 18.3. The van der Waals surface area contributed by atoms with Crippen LogP contribution < -0.4 is 0 Å². The van der Waals surface area contributed by atoms with Crippen LogP contribution in [0, 0.1) is 5.41 Å². The van der Waals surface area contributed by atoms with E-state index < -0.39 is 19.9 Å². The summed E-state index contributed by atoms with van der Waals surface area (Å²) in [5, 5.41) is 9.85. The maximum atomic E-state index is 11.9. The molecular formula is C17H35NO4Si. The van der Waals surface area contributed by atoms with Gasteiger partial charge in [-0.05, 0) is 23.5 Å². The van der Waals surface area contributed by atoms with Crippen molar-refractivity contribution < 1.29 is 19.1 Å². The van der Waals surface area contributed by atoms with Crippen molar-refractivity contribution in [2.75, 3.05) is 20.3 Å². The van der Waals surface area contributed by atoms with Gasteiger partial charge in [-0.1, -0.05) is 41.5 Å². The van der Waals surface area contributed by atoms with E-state index in [1.807, 2.05) is 0 Å². The molecular weight excluding hydrogens is 310 g/mol. The quantitative estimate of drug-likeness (QED) is 0.776. The predicted octanol–water partition coefficient (Wildman–Crippen LogP) is 4.19. The van der Waals surface area contributed by atoms with E-state index in [2.05, 4.69) is 54.6 Å². The predicted molar refractivity (Wildman–Crippen MR) is 95.5 cm³/mol. The lowest BCUT2D eigenvalue weighted by atomic mass is 9.72. The summed E-state index contributed by atoms with van der Waals surface area (Å²) >= 11 is 0. The van der Waals surface area contributed by atoms with E-state index in [1.54, 1.807) is 12.0 Å². The third-order valence-corrected chi connectivity index (χ3v) is 10.3. The second-order valence-electron chi connectivity index (χ2n) is 9.31. The van der Waals surface area contributed by atoms with Crippen LogP contribution in [0.25, 0.3) is 0 Å². The molecule has 0 aliphatic carbocycles. The third kappa shape index (κ3) is 3.91. The molecule has 0 saturated carbocycles. The monoisotopic (exact) mass is 345 g/mol. The Morgan fingerprint density at radius 1 is 1.26 bits per heavy atom. The van der Waals surface area contributed by atoms with Crippen molar-refractivity contribution in [3.8, 4) is 0 Å². The van der Waals surface area contributed by atoms with E-state index in [1.165, 1.54) is 0 Å². The van der Waals surface area contributed by atoms with Crippen LogP contribution in [0.3, 0.4) is 0 Å². The first-order chi connectivity index (χ1) is 10.2. The lowest BCUT2D eigenvalue weighted by Crippen LogP contribution is -2.58. The molecule has 2 atom stereocenters. The molecule has 0 radical (unpaired) electrons. The summed E-state index contributed by atoms with van der Waals surface area (Å²) in [6.45, 7) is 18.1. The van der Waals surface area contributed by atoms with Crippen LogP contribution >= 0.6 is 0 Å². The number of methoxy groups -OCH3 is 1. The molecule has 136 valence electrons. The van der Waals surface area contributed by atoms with Crippen LogP contribution in [-0.4, -0.2) is 56.3 Å². The van der Waals surface area contributed by atoms with Crippen molar-refractivity contribution >= 4 is 14.4 Å². The molecule has 0 aromatic carbocycles. The summed E-state index contributed by atoms with van der Waals surface area (Å²) in [6, 6.07) is 0. The van der Waals surface area contributed by atoms with E-state index in [0.29, 0.717) is 19.6 Å². The summed E-state index contributed by atoms with van der Waals surface area (Å²) < 4.78 is 12.0. The van der Waals surface area contributed by atoms with E-state index in [-0.39, 0.29) is 16.6 Å². The summed E-state index contributed by atoms with van der Waals surface area (Å²) in [4.78, 5) is 13.4. The van der Waals surface area contributed by atoms with Crippen molar-refractivity contribution in [3.05, 3.63) is 0 Å². The van der Waals surface area contributed by atoms with Gasteiger partial charge in [0.15, 0.2) is 8.32 Å². The highest BCUT2D eigenvalue weighted by atomic mass is 28.4. The SMILES string of the molecule is COC[C@]1(C(C)(C)C)C[C@@H](O[Si](C)(C)C(C)(C)C)CN1C(=O)O. The van der Waals surface area contributed by atoms with E-state index in [9.17, 15) is 9.90 Å². The molecule has 1 aliphatic heterocycles. The maximum Gasteiger partial charge on any atom is 0.407 e. The number of carboxylic acid groups (broad SMARTS) is 1. The number of hydrogen-bond donors (Lipinski definition) is 1. The molecule has 0 bridgehead atoms. The van der Waals surface area contributed by atoms with Crippen molar-refractivity contribution in [1.82, 2.24) is 4.90 Å². The first-order valence-electron chi connectivity index (χ1n) is 8.35. The first kappa shape index (κ1) is 20.5. The van der Waals surface area contributed by atoms with Gasteiger partial charge < -0.3 is 14.3 Å². The minimum atomic E-state index is -1.94. The van der Waals surface area contributed by atoms with Gasteiger partial charge in [0.25, 0.3) is 0 Å². The molecule has 0 aromatic rings. The van der Waals surface area contributed by atoms with Gasteiger partial charge in [-0.2, -0.15) is 0 Å². The molecule has 6 heteroatoms. The zero-order valence-corrected chi connectivity index (χ0v) is 17.3. The average molecular weight is 346 g/mol. The molecule has 1 heterocycles. The Labute approximate surface area is 142 Å². The minimum absolute atomic E-state index is 0.0682. The van der Waals surface area contributed by atoms with Gasteiger partial charge in [0.2, 0.25) is 0 Å². The number of rotatable bonds is 4. The molecule has 1 aliphatic rings. The highest BCUT2D eigenvalue weighted by Crippen LogP contribution is 2.47. The molecule has 0 aromatic heterocycles. The zero-order valence-electron chi connectivity index (χ0n) is 16.3. The first-order valence-corrected chi connectivity index (χ1v) is 11.3. The number of likely N-dealkylation sites (tertiary alicyclic amines) is 1. The van der Waals surface area contributed by atoms with Crippen molar-refractivity contribution in [1.29, 1.82) is 0 Å². The van der Waals surface area contributed by atoms with Gasteiger partial charge >= 0.3 is 6.09 Å².